The van der Waals surface area contributed by atoms with Gasteiger partial charge in [0.15, 0.2) is 0 Å². The predicted octanol–water partition coefficient (Wildman–Crippen LogP) is 1.71. The first kappa shape index (κ1) is 18.9. The maximum atomic E-state index is 12.4. The summed E-state index contributed by atoms with van der Waals surface area (Å²) in [5.41, 5.74) is 1.56. The van der Waals surface area contributed by atoms with E-state index in [0.717, 1.165) is 39.1 Å². The maximum Gasteiger partial charge on any atom is 0.251 e. The van der Waals surface area contributed by atoms with Crippen molar-refractivity contribution in [3.63, 3.8) is 0 Å². The van der Waals surface area contributed by atoms with Gasteiger partial charge in [-0.3, -0.25) is 9.69 Å². The number of nitrogens with one attached hydrogen (secondary N) is 1. The van der Waals surface area contributed by atoms with Crippen LogP contribution in [-0.2, 0) is 6.54 Å². The van der Waals surface area contributed by atoms with E-state index >= 15 is 0 Å². The van der Waals surface area contributed by atoms with E-state index in [4.69, 9.17) is 5.11 Å². The molecule has 0 saturated carbocycles. The summed E-state index contributed by atoms with van der Waals surface area (Å²) in [6.45, 7) is 9.42. The molecule has 2 N–H and O–H groups in total. The molecule has 1 atom stereocenters. The van der Waals surface area contributed by atoms with Crippen LogP contribution in [0.3, 0.4) is 0 Å². The Morgan fingerprint density at radius 3 is 2.38 bits per heavy atom. The first-order valence-corrected chi connectivity index (χ1v) is 8.89. The number of hydrogen-bond donors (Lipinski definition) is 2. The summed E-state index contributed by atoms with van der Waals surface area (Å²) in [6, 6.07) is 7.89. The Balaban J connectivity index is 1.92. The van der Waals surface area contributed by atoms with Gasteiger partial charge < -0.3 is 15.3 Å². The number of piperazine rings is 1. The molecule has 1 aliphatic heterocycles. The van der Waals surface area contributed by atoms with Crippen molar-refractivity contribution < 1.29 is 9.90 Å². The zero-order valence-electron chi connectivity index (χ0n) is 15.2. The Morgan fingerprint density at radius 1 is 1.21 bits per heavy atom. The molecule has 0 aromatic heterocycles. The van der Waals surface area contributed by atoms with E-state index in [1.54, 1.807) is 0 Å². The van der Waals surface area contributed by atoms with Gasteiger partial charge in [0.05, 0.1) is 0 Å². The molecular formula is C19H31N3O2. The molecule has 5 heteroatoms. The van der Waals surface area contributed by atoms with E-state index in [0.29, 0.717) is 12.0 Å². The molecule has 0 aliphatic carbocycles. The van der Waals surface area contributed by atoms with E-state index in [2.05, 4.69) is 22.2 Å². The number of nitrogens with zero attached hydrogens (tertiary/aromatic N) is 2. The van der Waals surface area contributed by atoms with Crippen molar-refractivity contribution in [1.82, 2.24) is 15.1 Å². The van der Waals surface area contributed by atoms with Gasteiger partial charge in [0, 0.05) is 50.4 Å². The average molecular weight is 333 g/mol. The molecular weight excluding hydrogens is 302 g/mol. The number of amides is 1. The minimum Gasteiger partial charge on any atom is -0.396 e. The lowest BCUT2D eigenvalue weighted by atomic mass is 9.94. The number of carbonyl (C=O) groups is 1. The SMILES string of the molecule is CCC(C)(CCO)NC(=O)c1ccc(CN2CCN(C)CC2)cc1. The summed E-state index contributed by atoms with van der Waals surface area (Å²) in [5, 5.41) is 12.2. The Kier molecular flexibility index (Phi) is 6.78. The fraction of sp³-hybridized carbons (Fsp3) is 0.632. The first-order valence-electron chi connectivity index (χ1n) is 8.89. The lowest BCUT2D eigenvalue weighted by Crippen LogP contribution is -2.46. The maximum absolute atomic E-state index is 12.4. The largest absolute Gasteiger partial charge is 0.396 e. The second kappa shape index (κ2) is 8.60. The van der Waals surface area contributed by atoms with Crippen LogP contribution in [0.5, 0.6) is 0 Å². The van der Waals surface area contributed by atoms with Crippen LogP contribution in [0.4, 0.5) is 0 Å². The highest BCUT2D eigenvalue weighted by atomic mass is 16.3. The lowest BCUT2D eigenvalue weighted by Gasteiger charge is -2.32. The molecule has 1 amide bonds. The molecule has 1 heterocycles. The van der Waals surface area contributed by atoms with Gasteiger partial charge in [-0.1, -0.05) is 19.1 Å². The van der Waals surface area contributed by atoms with Crippen molar-refractivity contribution in [3.8, 4) is 0 Å². The number of likely N-dealkylation sites (N-methyl/N-ethyl adjacent to an activating group) is 1. The molecule has 1 unspecified atom stereocenters. The number of aliphatic hydroxyl groups is 1. The summed E-state index contributed by atoms with van der Waals surface area (Å²) in [7, 11) is 2.16. The third-order valence-corrected chi connectivity index (χ3v) is 5.08. The van der Waals surface area contributed by atoms with Crippen molar-refractivity contribution >= 4 is 5.91 Å². The quantitative estimate of drug-likeness (QED) is 0.798. The summed E-state index contributed by atoms with van der Waals surface area (Å²) >= 11 is 0. The van der Waals surface area contributed by atoms with Gasteiger partial charge in [0.25, 0.3) is 5.91 Å². The monoisotopic (exact) mass is 333 g/mol. The molecule has 2 rings (SSSR count). The van der Waals surface area contributed by atoms with Crippen LogP contribution >= 0.6 is 0 Å². The highest BCUT2D eigenvalue weighted by molar-refractivity contribution is 5.94. The van der Waals surface area contributed by atoms with Gasteiger partial charge in [-0.05, 0) is 44.5 Å². The first-order chi connectivity index (χ1) is 11.5. The molecule has 0 spiro atoms. The second-order valence-electron chi connectivity index (χ2n) is 7.12. The van der Waals surface area contributed by atoms with Gasteiger partial charge in [0.1, 0.15) is 0 Å². The van der Waals surface area contributed by atoms with Crippen molar-refractivity contribution in [2.75, 3.05) is 39.8 Å². The summed E-state index contributed by atoms with van der Waals surface area (Å²) in [4.78, 5) is 17.2. The number of hydrogen-bond acceptors (Lipinski definition) is 4. The lowest BCUT2D eigenvalue weighted by molar-refractivity contribution is 0.0886. The Bertz CT molecular complexity index is 524. The fourth-order valence-electron chi connectivity index (χ4n) is 2.95. The van der Waals surface area contributed by atoms with Gasteiger partial charge in [-0.15, -0.1) is 0 Å². The van der Waals surface area contributed by atoms with Crippen LogP contribution in [0, 0.1) is 0 Å². The minimum atomic E-state index is -0.357. The van der Waals surface area contributed by atoms with Crippen LogP contribution < -0.4 is 5.32 Å². The fourth-order valence-corrected chi connectivity index (χ4v) is 2.95. The van der Waals surface area contributed by atoms with Crippen LogP contribution in [0.15, 0.2) is 24.3 Å². The second-order valence-corrected chi connectivity index (χ2v) is 7.12. The molecule has 5 nitrogen and oxygen atoms in total. The van der Waals surface area contributed by atoms with Crippen molar-refractivity contribution in [1.29, 1.82) is 0 Å². The average Bonchev–Trinajstić information content (AvgIpc) is 2.58. The molecule has 134 valence electrons. The topological polar surface area (TPSA) is 55.8 Å². The Hall–Kier alpha value is -1.43. The molecule has 24 heavy (non-hydrogen) atoms. The van der Waals surface area contributed by atoms with Gasteiger partial charge in [0.2, 0.25) is 0 Å². The highest BCUT2D eigenvalue weighted by Gasteiger charge is 2.24. The molecule has 1 saturated heterocycles. The standard InChI is InChI=1S/C19H31N3O2/c1-4-19(2,9-14-23)20-18(24)17-7-5-16(6-8-17)15-22-12-10-21(3)11-13-22/h5-8,23H,4,9-15H2,1-3H3,(H,20,24). The van der Waals surface area contributed by atoms with Crippen LogP contribution in [0.1, 0.15) is 42.6 Å². The van der Waals surface area contributed by atoms with E-state index in [9.17, 15) is 4.79 Å². The van der Waals surface area contributed by atoms with Gasteiger partial charge >= 0.3 is 0 Å². The zero-order valence-corrected chi connectivity index (χ0v) is 15.2. The molecule has 1 aliphatic rings. The predicted molar refractivity (Wildman–Crippen MR) is 97.1 cm³/mol. The van der Waals surface area contributed by atoms with Crippen LogP contribution in [-0.4, -0.2) is 66.2 Å². The van der Waals surface area contributed by atoms with Crippen molar-refractivity contribution in [2.24, 2.45) is 0 Å². The van der Waals surface area contributed by atoms with Gasteiger partial charge in [-0.25, -0.2) is 0 Å². The van der Waals surface area contributed by atoms with Crippen LogP contribution in [0.25, 0.3) is 0 Å². The normalized spacial score (nSPS) is 19.0. The smallest absolute Gasteiger partial charge is 0.251 e. The molecule has 1 aromatic carbocycles. The number of carbonyl (C=O) groups excluding carboxylic acids is 1. The summed E-state index contributed by atoms with van der Waals surface area (Å²) in [6.07, 6.45) is 1.36. The number of aliphatic hydroxyl groups excluding tert-OH is 1. The van der Waals surface area contributed by atoms with E-state index in [1.165, 1.54) is 5.56 Å². The molecule has 0 bridgehead atoms. The van der Waals surface area contributed by atoms with Gasteiger partial charge in [-0.2, -0.15) is 0 Å². The molecule has 1 aromatic rings. The number of rotatable bonds is 7. The van der Waals surface area contributed by atoms with Crippen molar-refractivity contribution in [2.45, 2.75) is 38.8 Å². The third-order valence-electron chi connectivity index (χ3n) is 5.08. The Morgan fingerprint density at radius 2 is 1.83 bits per heavy atom. The van der Waals surface area contributed by atoms with Crippen LogP contribution in [0.2, 0.25) is 0 Å². The molecule has 0 radical (unpaired) electrons. The number of benzene rings is 1. The third kappa shape index (κ3) is 5.30. The van der Waals surface area contributed by atoms with E-state index in [-0.39, 0.29) is 18.1 Å². The minimum absolute atomic E-state index is 0.0704. The van der Waals surface area contributed by atoms with E-state index in [1.807, 2.05) is 38.1 Å². The zero-order chi connectivity index (χ0) is 17.6. The van der Waals surface area contributed by atoms with E-state index < -0.39 is 0 Å². The van der Waals surface area contributed by atoms with Crippen molar-refractivity contribution in [3.05, 3.63) is 35.4 Å². The summed E-state index contributed by atoms with van der Waals surface area (Å²) < 4.78 is 0. The molecule has 1 fully saturated rings. The summed E-state index contributed by atoms with van der Waals surface area (Å²) in [5.74, 6) is -0.0704. The Labute approximate surface area is 145 Å². The highest BCUT2D eigenvalue weighted by Crippen LogP contribution is 2.16.